The number of nitrogens with zero attached hydrogens (tertiary/aromatic N) is 3. The Morgan fingerprint density at radius 1 is 1.00 bits per heavy atom. The molecule has 0 atom stereocenters. The molecule has 4 nitrogen and oxygen atoms in total. The van der Waals surface area contributed by atoms with Gasteiger partial charge in [-0.25, -0.2) is 4.98 Å². The van der Waals surface area contributed by atoms with Gasteiger partial charge in [0, 0.05) is 6.20 Å². The van der Waals surface area contributed by atoms with Crippen LogP contribution in [0.25, 0.3) is 10.2 Å². The van der Waals surface area contributed by atoms with Crippen LogP contribution in [-0.4, -0.2) is 15.9 Å². The molecule has 4 aromatic rings. The summed E-state index contributed by atoms with van der Waals surface area (Å²) < 4.78 is 1.09. The van der Waals surface area contributed by atoms with E-state index in [4.69, 9.17) is 4.98 Å². The summed E-state index contributed by atoms with van der Waals surface area (Å²) in [6.07, 6.45) is 2.09. The van der Waals surface area contributed by atoms with E-state index in [2.05, 4.69) is 31.0 Å². The molecular formula is C24H23N3OS. The summed E-state index contributed by atoms with van der Waals surface area (Å²) in [6.45, 7) is 6.62. The fourth-order valence-corrected chi connectivity index (χ4v) is 4.26. The monoisotopic (exact) mass is 401 g/mol. The minimum Gasteiger partial charge on any atom is -0.282 e. The normalized spacial score (nSPS) is 11.0. The van der Waals surface area contributed by atoms with Crippen LogP contribution in [0.1, 0.15) is 27.9 Å². The number of hydrogen-bond donors (Lipinski definition) is 0. The fourth-order valence-electron chi connectivity index (χ4n) is 3.22. The number of aryl methyl sites for hydroxylation is 3. The van der Waals surface area contributed by atoms with Gasteiger partial charge in [-0.3, -0.25) is 14.7 Å². The Labute approximate surface area is 174 Å². The van der Waals surface area contributed by atoms with E-state index in [1.807, 2.05) is 49.4 Å². The first-order valence-electron chi connectivity index (χ1n) is 9.64. The largest absolute Gasteiger partial charge is 0.282 e. The van der Waals surface area contributed by atoms with Crippen LogP contribution in [0.2, 0.25) is 0 Å². The molecule has 0 radical (unpaired) electrons. The number of thiazole rings is 1. The van der Waals surface area contributed by atoms with Gasteiger partial charge in [0.1, 0.15) is 0 Å². The summed E-state index contributed by atoms with van der Waals surface area (Å²) in [6, 6.07) is 18.1. The highest BCUT2D eigenvalue weighted by atomic mass is 32.1. The Bertz CT molecular complexity index is 1150. The second-order valence-corrected chi connectivity index (χ2v) is 8.32. The molecule has 0 bridgehead atoms. The molecule has 2 aromatic heterocycles. The van der Waals surface area contributed by atoms with E-state index in [1.54, 1.807) is 22.4 Å². The number of hydrogen-bond acceptors (Lipinski definition) is 4. The second kappa shape index (κ2) is 8.13. The van der Waals surface area contributed by atoms with Crippen LogP contribution in [-0.2, 0) is 17.8 Å². The van der Waals surface area contributed by atoms with Crippen molar-refractivity contribution in [2.45, 2.75) is 33.7 Å². The average molecular weight is 402 g/mol. The van der Waals surface area contributed by atoms with Crippen molar-refractivity contribution in [1.29, 1.82) is 0 Å². The molecule has 1 amide bonds. The SMILES string of the molecule is Cc1ccc(CC(=O)N(Cc2ccccn2)c2nc3c(C)c(C)ccc3s2)cc1. The van der Waals surface area contributed by atoms with Crippen LogP contribution in [0.4, 0.5) is 5.13 Å². The topological polar surface area (TPSA) is 46.1 Å². The third-order valence-corrected chi connectivity index (χ3v) is 6.17. The number of pyridine rings is 1. The number of aromatic nitrogens is 2. The van der Waals surface area contributed by atoms with Crippen LogP contribution in [0.15, 0.2) is 60.8 Å². The summed E-state index contributed by atoms with van der Waals surface area (Å²) in [7, 11) is 0. The van der Waals surface area contributed by atoms with Gasteiger partial charge in [0.05, 0.1) is 28.9 Å². The van der Waals surface area contributed by atoms with Gasteiger partial charge in [-0.15, -0.1) is 0 Å². The molecule has 0 aliphatic rings. The number of carbonyl (C=O) groups is 1. The lowest BCUT2D eigenvalue weighted by molar-refractivity contribution is -0.118. The molecule has 0 fully saturated rings. The first-order chi connectivity index (χ1) is 14.0. The molecule has 5 heteroatoms. The first-order valence-corrected chi connectivity index (χ1v) is 10.5. The van der Waals surface area contributed by atoms with Crippen molar-refractivity contribution < 1.29 is 4.79 Å². The maximum atomic E-state index is 13.3. The van der Waals surface area contributed by atoms with Crippen LogP contribution < -0.4 is 4.90 Å². The highest BCUT2D eigenvalue weighted by Crippen LogP contribution is 2.33. The fraction of sp³-hybridized carbons (Fsp3) is 0.208. The summed E-state index contributed by atoms with van der Waals surface area (Å²) in [5.74, 6) is 0.0212. The number of carbonyl (C=O) groups excluding carboxylic acids is 1. The smallest absolute Gasteiger partial charge is 0.233 e. The minimum atomic E-state index is 0.0212. The molecule has 2 aromatic carbocycles. The molecular weight excluding hydrogens is 378 g/mol. The molecule has 0 N–H and O–H groups in total. The Morgan fingerprint density at radius 2 is 1.79 bits per heavy atom. The summed E-state index contributed by atoms with van der Waals surface area (Å²) in [5.41, 5.74) is 6.37. The minimum absolute atomic E-state index is 0.0212. The van der Waals surface area contributed by atoms with Crippen molar-refractivity contribution in [1.82, 2.24) is 9.97 Å². The van der Waals surface area contributed by atoms with Gasteiger partial charge in [-0.2, -0.15) is 0 Å². The first kappa shape index (κ1) is 19.3. The van der Waals surface area contributed by atoms with Crippen molar-refractivity contribution in [3.05, 3.63) is 88.7 Å². The zero-order chi connectivity index (χ0) is 20.4. The van der Waals surface area contributed by atoms with Gasteiger partial charge >= 0.3 is 0 Å². The Morgan fingerprint density at radius 3 is 2.52 bits per heavy atom. The number of amides is 1. The molecule has 29 heavy (non-hydrogen) atoms. The molecule has 146 valence electrons. The van der Waals surface area contributed by atoms with Gasteiger partial charge in [0.25, 0.3) is 0 Å². The number of fused-ring (bicyclic) bond motifs is 1. The molecule has 2 heterocycles. The quantitative estimate of drug-likeness (QED) is 0.450. The molecule has 0 unspecified atom stereocenters. The highest BCUT2D eigenvalue weighted by molar-refractivity contribution is 7.22. The van der Waals surface area contributed by atoms with E-state index in [1.165, 1.54) is 11.1 Å². The predicted octanol–water partition coefficient (Wildman–Crippen LogP) is 5.39. The molecule has 0 spiro atoms. The zero-order valence-corrected chi connectivity index (χ0v) is 17.7. The van der Waals surface area contributed by atoms with Crippen molar-refractivity contribution >= 4 is 32.6 Å². The number of rotatable bonds is 5. The van der Waals surface area contributed by atoms with E-state index in [0.29, 0.717) is 13.0 Å². The summed E-state index contributed by atoms with van der Waals surface area (Å²) in [5, 5.41) is 0.719. The highest BCUT2D eigenvalue weighted by Gasteiger charge is 2.21. The molecule has 0 saturated carbocycles. The van der Waals surface area contributed by atoms with E-state index in [-0.39, 0.29) is 5.91 Å². The van der Waals surface area contributed by atoms with E-state index in [9.17, 15) is 4.79 Å². The Kier molecular flexibility index (Phi) is 5.41. The van der Waals surface area contributed by atoms with Gasteiger partial charge in [-0.05, 0) is 55.7 Å². The van der Waals surface area contributed by atoms with Crippen molar-refractivity contribution in [3.8, 4) is 0 Å². The maximum Gasteiger partial charge on any atom is 0.233 e. The Balaban J connectivity index is 1.70. The molecule has 0 aliphatic carbocycles. The van der Waals surface area contributed by atoms with Gasteiger partial charge < -0.3 is 0 Å². The van der Waals surface area contributed by atoms with E-state index < -0.39 is 0 Å². The lowest BCUT2D eigenvalue weighted by Gasteiger charge is -2.19. The average Bonchev–Trinajstić information content (AvgIpc) is 3.16. The van der Waals surface area contributed by atoms with Crippen LogP contribution in [0.3, 0.4) is 0 Å². The van der Waals surface area contributed by atoms with E-state index >= 15 is 0 Å². The molecule has 0 saturated heterocycles. The van der Waals surface area contributed by atoms with Gasteiger partial charge in [-0.1, -0.05) is 53.3 Å². The summed E-state index contributed by atoms with van der Waals surface area (Å²) in [4.78, 5) is 24.3. The van der Waals surface area contributed by atoms with Crippen LogP contribution in [0, 0.1) is 20.8 Å². The van der Waals surface area contributed by atoms with Crippen LogP contribution >= 0.6 is 11.3 Å². The lowest BCUT2D eigenvalue weighted by atomic mass is 10.1. The number of benzene rings is 2. The van der Waals surface area contributed by atoms with Crippen molar-refractivity contribution in [2.24, 2.45) is 0 Å². The van der Waals surface area contributed by atoms with Crippen LogP contribution in [0.5, 0.6) is 0 Å². The third kappa shape index (κ3) is 4.20. The molecule has 0 aliphatic heterocycles. The van der Waals surface area contributed by atoms with E-state index in [0.717, 1.165) is 32.2 Å². The zero-order valence-electron chi connectivity index (χ0n) is 16.8. The van der Waals surface area contributed by atoms with Gasteiger partial charge in [0.15, 0.2) is 5.13 Å². The predicted molar refractivity (Wildman–Crippen MR) is 119 cm³/mol. The standard InChI is InChI=1S/C24H23N3OS/c1-16-7-10-19(11-8-16)14-22(28)27(15-20-6-4-5-13-25-20)24-26-23-18(3)17(2)9-12-21(23)29-24/h4-13H,14-15H2,1-3H3. The van der Waals surface area contributed by atoms with Gasteiger partial charge in [0.2, 0.25) is 5.91 Å². The summed E-state index contributed by atoms with van der Waals surface area (Å²) >= 11 is 1.56. The maximum absolute atomic E-state index is 13.3. The second-order valence-electron chi connectivity index (χ2n) is 7.31. The molecule has 4 rings (SSSR count). The Hall–Kier alpha value is -3.05. The van der Waals surface area contributed by atoms with Crippen molar-refractivity contribution in [2.75, 3.05) is 4.90 Å². The van der Waals surface area contributed by atoms with Crippen molar-refractivity contribution in [3.63, 3.8) is 0 Å². The lowest BCUT2D eigenvalue weighted by Crippen LogP contribution is -2.32. The third-order valence-electron chi connectivity index (χ3n) is 5.13. The number of anilines is 1.